The highest BCUT2D eigenvalue weighted by molar-refractivity contribution is 6.02. The molecule has 2 amide bonds. The van der Waals surface area contributed by atoms with E-state index in [1.165, 1.54) is 6.08 Å². The van der Waals surface area contributed by atoms with Crippen LogP contribution in [0.4, 0.5) is 0 Å². The predicted octanol–water partition coefficient (Wildman–Crippen LogP) is 0.475. The number of Topliss-reactive ketones (excluding diaryl/α,β-unsaturated/α-hetero) is 1. The van der Waals surface area contributed by atoms with Gasteiger partial charge in [-0.2, -0.15) is 0 Å². The van der Waals surface area contributed by atoms with Crippen LogP contribution in [0.2, 0.25) is 0 Å². The Morgan fingerprint density at radius 1 is 1.44 bits per heavy atom. The van der Waals surface area contributed by atoms with E-state index in [2.05, 4.69) is 19.2 Å². The molecule has 0 aromatic rings. The Bertz CT molecular complexity index is 607. The number of nitrogens with one attached hydrogen (secondary N) is 1. The minimum absolute atomic E-state index is 0.0990. The Balaban J connectivity index is 2.75. The normalized spacial score (nSPS) is 24.1. The molecule has 1 aliphatic rings. The van der Waals surface area contributed by atoms with E-state index in [-0.39, 0.29) is 25.0 Å². The summed E-state index contributed by atoms with van der Waals surface area (Å²) in [5.41, 5.74) is 3.17. The maximum Gasteiger partial charge on any atom is 0.248 e. The molecule has 0 saturated carbocycles. The van der Waals surface area contributed by atoms with Gasteiger partial charge in [-0.05, 0) is 24.8 Å². The van der Waals surface area contributed by atoms with Crippen LogP contribution in [-0.4, -0.2) is 39.5 Å². The Hall–Kier alpha value is -2.25. The van der Waals surface area contributed by atoms with Crippen molar-refractivity contribution in [3.05, 3.63) is 36.1 Å². The fourth-order valence-corrected chi connectivity index (χ4v) is 2.30. The minimum atomic E-state index is -1.79. The second-order valence-electron chi connectivity index (χ2n) is 6.56. The van der Waals surface area contributed by atoms with Gasteiger partial charge in [0, 0.05) is 18.9 Å². The number of amides is 2. The second-order valence-corrected chi connectivity index (χ2v) is 6.56. The van der Waals surface area contributed by atoms with E-state index in [9.17, 15) is 24.6 Å². The molecule has 0 aromatic heterocycles. The van der Waals surface area contributed by atoms with Gasteiger partial charge >= 0.3 is 0 Å². The van der Waals surface area contributed by atoms with Crippen LogP contribution in [0, 0.1) is 5.92 Å². The molecule has 1 rings (SSSR count). The van der Waals surface area contributed by atoms with E-state index in [1.54, 1.807) is 12.2 Å². The number of primary amides is 1. The summed E-state index contributed by atoms with van der Waals surface area (Å²) in [5.74, 6) is -1.13. The molecule has 0 bridgehead atoms. The average molecular weight is 350 g/mol. The largest absolute Gasteiger partial charge is 0.389 e. The van der Waals surface area contributed by atoms with E-state index in [1.807, 2.05) is 6.08 Å². The van der Waals surface area contributed by atoms with Crippen LogP contribution in [0.25, 0.3) is 0 Å². The first-order valence-corrected chi connectivity index (χ1v) is 8.23. The Morgan fingerprint density at radius 2 is 2.12 bits per heavy atom. The van der Waals surface area contributed by atoms with Crippen LogP contribution < -0.4 is 11.1 Å². The van der Waals surface area contributed by atoms with Crippen molar-refractivity contribution in [2.24, 2.45) is 11.7 Å². The molecule has 7 nitrogen and oxygen atoms in total. The lowest BCUT2D eigenvalue weighted by Crippen LogP contribution is -2.48. The van der Waals surface area contributed by atoms with Gasteiger partial charge in [0.05, 0.1) is 11.8 Å². The number of ketones is 1. The van der Waals surface area contributed by atoms with E-state index < -0.39 is 29.3 Å². The van der Waals surface area contributed by atoms with E-state index in [4.69, 9.17) is 5.73 Å². The predicted molar refractivity (Wildman–Crippen MR) is 93.0 cm³/mol. The summed E-state index contributed by atoms with van der Waals surface area (Å²) in [6.45, 7) is 4.16. The second kappa shape index (κ2) is 9.29. The summed E-state index contributed by atoms with van der Waals surface area (Å²) >= 11 is 0. The third kappa shape index (κ3) is 7.03. The standard InChI is InChI=1S/C18H26N2O5/c1-12(2)6-4-3-5-7-17(24)20-13-11-18(25,9-8-16(19)23)15(22)10-14(13)21/h3-5,7,11-12,15,22,25H,6,8-10H2,1-2H3,(H2,19,23)(H,20,24)/b4-3+,7-5+/t15-,18+/m1/s1. The summed E-state index contributed by atoms with van der Waals surface area (Å²) < 4.78 is 0. The Labute approximate surface area is 147 Å². The van der Waals surface area contributed by atoms with Gasteiger partial charge in [-0.1, -0.05) is 32.1 Å². The highest BCUT2D eigenvalue weighted by Crippen LogP contribution is 2.28. The molecule has 0 saturated heterocycles. The van der Waals surface area contributed by atoms with Crippen LogP contribution >= 0.6 is 0 Å². The minimum Gasteiger partial charge on any atom is -0.389 e. The lowest BCUT2D eigenvalue weighted by molar-refractivity contribution is -0.128. The summed E-state index contributed by atoms with van der Waals surface area (Å²) in [5, 5.41) is 22.7. The van der Waals surface area contributed by atoms with Gasteiger partial charge < -0.3 is 21.3 Å². The van der Waals surface area contributed by atoms with Crippen LogP contribution in [0.5, 0.6) is 0 Å². The van der Waals surface area contributed by atoms with Gasteiger partial charge in [-0.25, -0.2) is 0 Å². The van der Waals surface area contributed by atoms with Gasteiger partial charge in [0.15, 0.2) is 5.78 Å². The van der Waals surface area contributed by atoms with E-state index in [0.717, 1.165) is 12.5 Å². The smallest absolute Gasteiger partial charge is 0.248 e. The van der Waals surface area contributed by atoms with Crippen molar-refractivity contribution < 1.29 is 24.6 Å². The summed E-state index contributed by atoms with van der Waals surface area (Å²) in [6, 6.07) is 0. The molecule has 2 atom stereocenters. The number of hydrogen-bond donors (Lipinski definition) is 4. The summed E-state index contributed by atoms with van der Waals surface area (Å²) in [6.07, 6.45) is 6.48. The zero-order valence-electron chi connectivity index (χ0n) is 14.6. The molecule has 1 aliphatic carbocycles. The maximum atomic E-state index is 11.9. The molecule has 7 heteroatoms. The van der Waals surface area contributed by atoms with Crippen molar-refractivity contribution in [1.29, 1.82) is 0 Å². The zero-order chi connectivity index (χ0) is 19.0. The number of allylic oxidation sites excluding steroid dienone is 4. The molecule has 0 aliphatic heterocycles. The highest BCUT2D eigenvalue weighted by Gasteiger charge is 2.40. The molecule has 0 radical (unpaired) electrons. The fraction of sp³-hybridized carbons (Fsp3) is 0.500. The van der Waals surface area contributed by atoms with Crippen LogP contribution in [0.3, 0.4) is 0 Å². The zero-order valence-corrected chi connectivity index (χ0v) is 14.6. The number of hydrogen-bond acceptors (Lipinski definition) is 5. The number of carbonyl (C=O) groups is 3. The van der Waals surface area contributed by atoms with Crippen molar-refractivity contribution in [3.63, 3.8) is 0 Å². The summed E-state index contributed by atoms with van der Waals surface area (Å²) in [4.78, 5) is 34.7. The first-order valence-electron chi connectivity index (χ1n) is 8.23. The van der Waals surface area contributed by atoms with Crippen LogP contribution in [0.1, 0.15) is 39.5 Å². The van der Waals surface area contributed by atoms with Crippen molar-refractivity contribution in [1.82, 2.24) is 5.32 Å². The molecule has 138 valence electrons. The fourth-order valence-electron chi connectivity index (χ4n) is 2.30. The first-order chi connectivity index (χ1) is 11.6. The SMILES string of the molecule is CC(C)C/C=C/C=C/C(=O)NC1=C[C@@](O)(CCC(N)=O)[C@H](O)CC1=O. The van der Waals surface area contributed by atoms with Gasteiger partial charge in [-0.3, -0.25) is 14.4 Å². The van der Waals surface area contributed by atoms with E-state index >= 15 is 0 Å². The number of carbonyl (C=O) groups excluding carboxylic acids is 3. The molecule has 0 fully saturated rings. The molecular weight excluding hydrogens is 324 g/mol. The Kier molecular flexibility index (Phi) is 7.73. The van der Waals surface area contributed by atoms with Crippen LogP contribution in [-0.2, 0) is 14.4 Å². The van der Waals surface area contributed by atoms with E-state index in [0.29, 0.717) is 5.92 Å². The van der Waals surface area contributed by atoms with Crippen molar-refractivity contribution >= 4 is 17.6 Å². The molecule has 25 heavy (non-hydrogen) atoms. The van der Waals surface area contributed by atoms with Gasteiger partial charge in [0.25, 0.3) is 0 Å². The number of aliphatic hydroxyl groups is 2. The number of aliphatic hydroxyl groups excluding tert-OH is 1. The third-order valence-electron chi connectivity index (χ3n) is 3.78. The monoisotopic (exact) mass is 350 g/mol. The average Bonchev–Trinajstić information content (AvgIpc) is 2.50. The number of rotatable bonds is 8. The molecular formula is C18H26N2O5. The quantitative estimate of drug-likeness (QED) is 0.374. The molecule has 0 aromatic carbocycles. The van der Waals surface area contributed by atoms with Crippen molar-refractivity contribution in [3.8, 4) is 0 Å². The Morgan fingerprint density at radius 3 is 2.72 bits per heavy atom. The highest BCUT2D eigenvalue weighted by atomic mass is 16.3. The molecule has 0 heterocycles. The summed E-state index contributed by atoms with van der Waals surface area (Å²) in [7, 11) is 0. The van der Waals surface area contributed by atoms with Gasteiger partial charge in [0.1, 0.15) is 5.60 Å². The lowest BCUT2D eigenvalue weighted by Gasteiger charge is -2.34. The lowest BCUT2D eigenvalue weighted by atomic mass is 9.82. The maximum absolute atomic E-state index is 11.9. The molecule has 0 unspecified atom stereocenters. The molecule has 5 N–H and O–H groups in total. The van der Waals surface area contributed by atoms with Crippen molar-refractivity contribution in [2.75, 3.05) is 0 Å². The third-order valence-corrected chi connectivity index (χ3v) is 3.78. The van der Waals surface area contributed by atoms with Crippen LogP contribution in [0.15, 0.2) is 36.1 Å². The van der Waals surface area contributed by atoms with Crippen molar-refractivity contribution in [2.45, 2.75) is 51.2 Å². The van der Waals surface area contributed by atoms with Gasteiger partial charge in [0.2, 0.25) is 11.8 Å². The topological polar surface area (TPSA) is 130 Å². The number of nitrogens with two attached hydrogens (primary N) is 1. The van der Waals surface area contributed by atoms with Gasteiger partial charge in [-0.15, -0.1) is 0 Å². The molecule has 0 spiro atoms. The first kappa shape index (κ1) is 20.8.